The lowest BCUT2D eigenvalue weighted by molar-refractivity contribution is -0.116. The number of alkyl halides is 1. The van der Waals surface area contributed by atoms with E-state index in [0.717, 1.165) is 30.2 Å². The van der Waals surface area contributed by atoms with E-state index in [1.807, 2.05) is 18.2 Å². The summed E-state index contributed by atoms with van der Waals surface area (Å²) in [6, 6.07) is 7.60. The first-order valence-electron chi connectivity index (χ1n) is 7.20. The van der Waals surface area contributed by atoms with Gasteiger partial charge in [0.1, 0.15) is 5.25 Å². The average Bonchev–Trinajstić information content (AvgIpc) is 2.45. The smallest absolute Gasteiger partial charge is 0.242 e. The molecule has 0 aromatic heterocycles. The molecule has 1 saturated heterocycles. The topological polar surface area (TPSA) is 63.2 Å². The van der Waals surface area contributed by atoms with Crippen molar-refractivity contribution in [3.05, 3.63) is 29.8 Å². The standard InChI is InChI=1S/C15H20BrNO3S/c16-9-4-6-12-5-3-7-13(11-12)17-15(18)14-8-1-2-10-21(14,19)20/h3,5,7,11,14H,1-2,4,6,8-10H2,(H,17,18). The molecule has 2 rings (SSSR count). The maximum absolute atomic E-state index is 12.2. The van der Waals surface area contributed by atoms with Gasteiger partial charge in [-0.05, 0) is 43.4 Å². The molecule has 116 valence electrons. The van der Waals surface area contributed by atoms with Crippen molar-refractivity contribution >= 4 is 37.4 Å². The van der Waals surface area contributed by atoms with E-state index in [1.165, 1.54) is 0 Å². The van der Waals surface area contributed by atoms with Crippen LogP contribution in [0.1, 0.15) is 31.2 Å². The van der Waals surface area contributed by atoms with Crippen LogP contribution in [-0.2, 0) is 21.1 Å². The maximum atomic E-state index is 12.2. The summed E-state index contributed by atoms with van der Waals surface area (Å²) in [6.07, 6.45) is 3.83. The second-order valence-electron chi connectivity index (χ2n) is 5.33. The van der Waals surface area contributed by atoms with E-state index in [4.69, 9.17) is 0 Å². The summed E-state index contributed by atoms with van der Waals surface area (Å²) in [4.78, 5) is 12.2. The SMILES string of the molecule is O=C(Nc1cccc(CCCBr)c1)C1CCCCS1(=O)=O. The first kappa shape index (κ1) is 16.5. The zero-order valence-electron chi connectivity index (χ0n) is 11.8. The van der Waals surface area contributed by atoms with Crippen molar-refractivity contribution in [1.82, 2.24) is 0 Å². The molecule has 1 atom stereocenters. The maximum Gasteiger partial charge on any atom is 0.242 e. The monoisotopic (exact) mass is 373 g/mol. The van der Waals surface area contributed by atoms with E-state index in [0.29, 0.717) is 18.5 Å². The van der Waals surface area contributed by atoms with Gasteiger partial charge in [0, 0.05) is 11.0 Å². The van der Waals surface area contributed by atoms with Gasteiger partial charge in [0.05, 0.1) is 5.75 Å². The Morgan fingerprint density at radius 2 is 2.14 bits per heavy atom. The molecule has 1 unspecified atom stereocenters. The van der Waals surface area contributed by atoms with Gasteiger partial charge in [0.2, 0.25) is 5.91 Å². The van der Waals surface area contributed by atoms with Gasteiger partial charge >= 0.3 is 0 Å². The van der Waals surface area contributed by atoms with Crippen LogP contribution in [0.15, 0.2) is 24.3 Å². The van der Waals surface area contributed by atoms with Crippen LogP contribution in [0.25, 0.3) is 0 Å². The lowest BCUT2D eigenvalue weighted by atomic mass is 10.1. The molecule has 1 aromatic rings. The van der Waals surface area contributed by atoms with Crippen LogP contribution >= 0.6 is 15.9 Å². The number of halogens is 1. The molecule has 21 heavy (non-hydrogen) atoms. The van der Waals surface area contributed by atoms with Gasteiger partial charge in [-0.15, -0.1) is 0 Å². The molecule has 6 heteroatoms. The summed E-state index contributed by atoms with van der Waals surface area (Å²) in [5.41, 5.74) is 1.81. The van der Waals surface area contributed by atoms with Gasteiger partial charge < -0.3 is 5.32 Å². The Morgan fingerprint density at radius 3 is 2.86 bits per heavy atom. The van der Waals surface area contributed by atoms with Crippen molar-refractivity contribution < 1.29 is 13.2 Å². The van der Waals surface area contributed by atoms with Crippen LogP contribution < -0.4 is 5.32 Å². The minimum absolute atomic E-state index is 0.121. The lowest BCUT2D eigenvalue weighted by Crippen LogP contribution is -2.39. The fraction of sp³-hybridized carbons (Fsp3) is 0.533. The van der Waals surface area contributed by atoms with Crippen molar-refractivity contribution in [2.75, 3.05) is 16.4 Å². The van der Waals surface area contributed by atoms with E-state index >= 15 is 0 Å². The molecule has 0 aliphatic carbocycles. The first-order valence-corrected chi connectivity index (χ1v) is 10.0. The third-order valence-electron chi connectivity index (χ3n) is 3.66. The van der Waals surface area contributed by atoms with Crippen LogP contribution in [0.5, 0.6) is 0 Å². The molecule has 1 N–H and O–H groups in total. The number of nitrogens with one attached hydrogen (secondary N) is 1. The van der Waals surface area contributed by atoms with Crippen molar-refractivity contribution in [2.45, 2.75) is 37.4 Å². The molecule has 0 radical (unpaired) electrons. The van der Waals surface area contributed by atoms with Crippen LogP contribution in [-0.4, -0.2) is 30.7 Å². The fourth-order valence-electron chi connectivity index (χ4n) is 2.55. The van der Waals surface area contributed by atoms with E-state index in [9.17, 15) is 13.2 Å². The minimum Gasteiger partial charge on any atom is -0.325 e. The van der Waals surface area contributed by atoms with E-state index in [1.54, 1.807) is 6.07 Å². The number of carbonyl (C=O) groups excluding carboxylic acids is 1. The van der Waals surface area contributed by atoms with Crippen molar-refractivity contribution in [1.29, 1.82) is 0 Å². The van der Waals surface area contributed by atoms with Gasteiger partial charge in [0.15, 0.2) is 9.84 Å². The second kappa shape index (κ2) is 7.40. The van der Waals surface area contributed by atoms with Crippen molar-refractivity contribution in [2.24, 2.45) is 0 Å². The van der Waals surface area contributed by atoms with E-state index in [2.05, 4.69) is 21.2 Å². The molecule has 0 bridgehead atoms. The summed E-state index contributed by atoms with van der Waals surface area (Å²) in [5.74, 6) is -0.275. The number of amides is 1. The molecule has 1 aliphatic heterocycles. The van der Waals surface area contributed by atoms with E-state index < -0.39 is 21.0 Å². The Labute approximate surface area is 134 Å². The largest absolute Gasteiger partial charge is 0.325 e. The van der Waals surface area contributed by atoms with Gasteiger partial charge in [0.25, 0.3) is 0 Å². The molecule has 1 aromatic carbocycles. The Balaban J connectivity index is 2.05. The predicted octanol–water partition coefficient (Wildman–Crippen LogP) is 2.92. The zero-order chi connectivity index (χ0) is 15.3. The molecular formula is C15H20BrNO3S. The summed E-state index contributed by atoms with van der Waals surface area (Å²) in [6.45, 7) is 0. The highest BCUT2D eigenvalue weighted by molar-refractivity contribution is 9.09. The number of hydrogen-bond donors (Lipinski definition) is 1. The average molecular weight is 374 g/mol. The summed E-state index contributed by atoms with van der Waals surface area (Å²) in [5, 5.41) is 2.80. The number of rotatable bonds is 5. The number of sulfone groups is 1. The highest BCUT2D eigenvalue weighted by Gasteiger charge is 2.34. The minimum atomic E-state index is -3.29. The second-order valence-corrected chi connectivity index (χ2v) is 8.43. The van der Waals surface area contributed by atoms with Crippen LogP contribution in [0.4, 0.5) is 5.69 Å². The third-order valence-corrected chi connectivity index (χ3v) is 6.40. The van der Waals surface area contributed by atoms with Crippen molar-refractivity contribution in [3.8, 4) is 0 Å². The summed E-state index contributed by atoms with van der Waals surface area (Å²) >= 11 is 3.39. The molecule has 1 fully saturated rings. The zero-order valence-corrected chi connectivity index (χ0v) is 14.2. The highest BCUT2D eigenvalue weighted by Crippen LogP contribution is 2.21. The number of aryl methyl sites for hydroxylation is 1. The molecule has 1 heterocycles. The molecule has 1 aliphatic rings. The molecular weight excluding hydrogens is 354 g/mol. The molecule has 1 amide bonds. The first-order chi connectivity index (χ1) is 10.0. The number of benzene rings is 1. The summed E-state index contributed by atoms with van der Waals surface area (Å²) < 4.78 is 23.9. The molecule has 0 saturated carbocycles. The Hall–Kier alpha value is -0.880. The Morgan fingerprint density at radius 1 is 1.33 bits per heavy atom. The van der Waals surface area contributed by atoms with Gasteiger partial charge in [-0.25, -0.2) is 8.42 Å². The van der Waals surface area contributed by atoms with E-state index in [-0.39, 0.29) is 5.75 Å². The molecule has 4 nitrogen and oxygen atoms in total. The fourth-order valence-corrected chi connectivity index (χ4v) is 4.63. The number of hydrogen-bond acceptors (Lipinski definition) is 3. The third kappa shape index (κ3) is 4.54. The van der Waals surface area contributed by atoms with Gasteiger partial charge in [-0.3, -0.25) is 4.79 Å². The summed E-state index contributed by atoms with van der Waals surface area (Å²) in [7, 11) is -3.29. The van der Waals surface area contributed by atoms with Crippen LogP contribution in [0, 0.1) is 0 Å². The van der Waals surface area contributed by atoms with Crippen LogP contribution in [0.3, 0.4) is 0 Å². The lowest BCUT2D eigenvalue weighted by Gasteiger charge is -2.21. The molecule has 0 spiro atoms. The van der Waals surface area contributed by atoms with Crippen molar-refractivity contribution in [3.63, 3.8) is 0 Å². The number of anilines is 1. The van der Waals surface area contributed by atoms with Gasteiger partial charge in [-0.1, -0.05) is 34.5 Å². The van der Waals surface area contributed by atoms with Gasteiger partial charge in [-0.2, -0.15) is 0 Å². The quantitative estimate of drug-likeness (QED) is 0.806. The highest BCUT2D eigenvalue weighted by atomic mass is 79.9. The van der Waals surface area contributed by atoms with Crippen LogP contribution in [0.2, 0.25) is 0 Å². The normalized spacial score (nSPS) is 20.9. The number of carbonyl (C=O) groups is 1. The Kier molecular flexibility index (Phi) is 5.81. The Bertz CT molecular complexity index is 601. The predicted molar refractivity (Wildman–Crippen MR) is 88.6 cm³/mol.